The summed E-state index contributed by atoms with van der Waals surface area (Å²) in [5.74, 6) is 1.80. The fourth-order valence-electron chi connectivity index (χ4n) is 2.17. The fraction of sp³-hybridized carbons (Fsp3) is 0.667. The van der Waals surface area contributed by atoms with Crippen LogP contribution in [0.3, 0.4) is 0 Å². The molecule has 0 aromatic carbocycles. The van der Waals surface area contributed by atoms with Crippen LogP contribution in [0.4, 0.5) is 0 Å². The number of halogens is 1. The van der Waals surface area contributed by atoms with E-state index in [9.17, 15) is 0 Å². The van der Waals surface area contributed by atoms with E-state index in [1.165, 1.54) is 22.3 Å². The molecule has 0 aliphatic heterocycles. The van der Waals surface area contributed by atoms with Crippen LogP contribution in [0.1, 0.15) is 24.3 Å². The van der Waals surface area contributed by atoms with E-state index in [0.717, 1.165) is 11.8 Å². The maximum Gasteiger partial charge on any atom is 0.0562 e. The second kappa shape index (κ2) is 5.17. The molecule has 0 bridgehead atoms. The Morgan fingerprint density at radius 1 is 1.69 bits per heavy atom. The zero-order valence-corrected chi connectivity index (χ0v) is 12.2. The third-order valence-electron chi connectivity index (χ3n) is 3.47. The molecular formula is C12H19BrN2S. The first-order valence-electron chi connectivity index (χ1n) is 5.76. The number of hydrogen-bond acceptors (Lipinski definition) is 3. The lowest BCUT2D eigenvalue weighted by Gasteiger charge is -2.26. The number of nitrogens with zero attached hydrogens (tertiary/aromatic N) is 1. The molecule has 2 rings (SSSR count). The van der Waals surface area contributed by atoms with Crippen molar-refractivity contribution in [2.45, 2.75) is 19.4 Å². The Hall–Kier alpha value is 0.1000. The minimum atomic E-state index is 0.379. The molecule has 2 N–H and O–H groups in total. The summed E-state index contributed by atoms with van der Waals surface area (Å²) in [7, 11) is 2.19. The quantitative estimate of drug-likeness (QED) is 0.905. The molecule has 0 amide bonds. The largest absolute Gasteiger partial charge is 0.329 e. The van der Waals surface area contributed by atoms with Crippen LogP contribution in [0.5, 0.6) is 0 Å². The normalized spacial score (nSPS) is 26.1. The van der Waals surface area contributed by atoms with Crippen molar-refractivity contribution in [1.82, 2.24) is 4.90 Å². The molecule has 1 fully saturated rings. The zero-order chi connectivity index (χ0) is 11.7. The number of thiophene rings is 1. The highest BCUT2D eigenvalue weighted by Gasteiger charge is 2.34. The van der Waals surface area contributed by atoms with E-state index in [0.29, 0.717) is 12.6 Å². The predicted molar refractivity (Wildman–Crippen MR) is 73.7 cm³/mol. The second-order valence-electron chi connectivity index (χ2n) is 4.83. The predicted octanol–water partition coefficient (Wildman–Crippen LogP) is 3.10. The van der Waals surface area contributed by atoms with Gasteiger partial charge in [0.05, 0.1) is 6.04 Å². The second-order valence-corrected chi connectivity index (χ2v) is 6.69. The Morgan fingerprint density at radius 2 is 2.38 bits per heavy atom. The van der Waals surface area contributed by atoms with E-state index in [4.69, 9.17) is 5.73 Å². The van der Waals surface area contributed by atoms with E-state index >= 15 is 0 Å². The van der Waals surface area contributed by atoms with Gasteiger partial charge in [0.15, 0.2) is 0 Å². The van der Waals surface area contributed by atoms with Gasteiger partial charge < -0.3 is 5.73 Å². The summed E-state index contributed by atoms with van der Waals surface area (Å²) >= 11 is 5.29. The number of nitrogens with two attached hydrogens (primary N) is 1. The highest BCUT2D eigenvalue weighted by Crippen LogP contribution is 2.39. The topological polar surface area (TPSA) is 29.3 Å². The molecule has 0 radical (unpaired) electrons. The SMILES string of the molecule is CC1CC1CN(C)C(CN)c1cc(Br)cs1. The van der Waals surface area contributed by atoms with Crippen molar-refractivity contribution in [3.63, 3.8) is 0 Å². The van der Waals surface area contributed by atoms with Crippen molar-refractivity contribution in [1.29, 1.82) is 0 Å². The van der Waals surface area contributed by atoms with Gasteiger partial charge in [-0.2, -0.15) is 0 Å². The molecule has 1 heterocycles. The fourth-order valence-corrected chi connectivity index (χ4v) is 3.79. The summed E-state index contributed by atoms with van der Waals surface area (Å²) in [6.45, 7) is 4.21. The Morgan fingerprint density at radius 3 is 2.81 bits per heavy atom. The lowest BCUT2D eigenvalue weighted by molar-refractivity contribution is 0.240. The summed E-state index contributed by atoms with van der Waals surface area (Å²) in [5, 5.41) is 2.13. The van der Waals surface area contributed by atoms with Gasteiger partial charge in [-0.05, 0) is 47.3 Å². The number of likely N-dealkylation sites (N-methyl/N-ethyl adjacent to an activating group) is 1. The van der Waals surface area contributed by atoms with E-state index in [1.807, 2.05) is 0 Å². The lowest BCUT2D eigenvalue weighted by Crippen LogP contribution is -2.31. The Balaban J connectivity index is 1.98. The molecule has 1 aliphatic carbocycles. The van der Waals surface area contributed by atoms with Gasteiger partial charge in [0.2, 0.25) is 0 Å². The number of rotatable bonds is 5. The van der Waals surface area contributed by atoms with Gasteiger partial charge in [-0.15, -0.1) is 11.3 Å². The summed E-state index contributed by atoms with van der Waals surface area (Å²) < 4.78 is 1.17. The minimum Gasteiger partial charge on any atom is -0.329 e. The Labute approximate surface area is 110 Å². The lowest BCUT2D eigenvalue weighted by atomic mass is 10.2. The van der Waals surface area contributed by atoms with Gasteiger partial charge in [-0.3, -0.25) is 4.90 Å². The molecule has 3 atom stereocenters. The maximum absolute atomic E-state index is 5.90. The molecule has 1 saturated carbocycles. The molecule has 0 saturated heterocycles. The van der Waals surface area contributed by atoms with Gasteiger partial charge in [0.25, 0.3) is 0 Å². The standard InChI is InChI=1S/C12H19BrN2S/c1-8-3-9(8)6-15(2)11(5-14)12-4-10(13)7-16-12/h4,7-9,11H,3,5-6,14H2,1-2H3. The molecule has 1 aromatic heterocycles. The molecule has 0 spiro atoms. The van der Waals surface area contributed by atoms with Gasteiger partial charge in [0.1, 0.15) is 0 Å². The maximum atomic E-state index is 5.90. The highest BCUT2D eigenvalue weighted by molar-refractivity contribution is 9.10. The molecule has 1 aromatic rings. The molecule has 3 unspecified atom stereocenters. The monoisotopic (exact) mass is 302 g/mol. The van der Waals surface area contributed by atoms with Crippen LogP contribution < -0.4 is 5.73 Å². The highest BCUT2D eigenvalue weighted by atomic mass is 79.9. The van der Waals surface area contributed by atoms with Crippen molar-refractivity contribution in [3.8, 4) is 0 Å². The molecule has 4 heteroatoms. The van der Waals surface area contributed by atoms with Crippen LogP contribution in [-0.2, 0) is 0 Å². The Bertz CT molecular complexity index is 353. The van der Waals surface area contributed by atoms with Gasteiger partial charge in [-0.25, -0.2) is 0 Å². The molecule has 2 nitrogen and oxygen atoms in total. The van der Waals surface area contributed by atoms with E-state index < -0.39 is 0 Å². The molecule has 90 valence electrons. The van der Waals surface area contributed by atoms with Crippen LogP contribution in [0, 0.1) is 11.8 Å². The van der Waals surface area contributed by atoms with Gasteiger partial charge in [0, 0.05) is 27.8 Å². The van der Waals surface area contributed by atoms with Crippen LogP contribution >= 0.6 is 27.3 Å². The van der Waals surface area contributed by atoms with Crippen molar-refractivity contribution >= 4 is 27.3 Å². The van der Waals surface area contributed by atoms with Gasteiger partial charge >= 0.3 is 0 Å². The van der Waals surface area contributed by atoms with E-state index in [2.05, 4.69) is 46.2 Å². The van der Waals surface area contributed by atoms with Crippen LogP contribution in [-0.4, -0.2) is 25.0 Å². The summed E-state index contributed by atoms with van der Waals surface area (Å²) in [6, 6.07) is 2.57. The minimum absolute atomic E-state index is 0.379. The molecular weight excluding hydrogens is 284 g/mol. The average Bonchev–Trinajstić information content (AvgIpc) is 2.74. The average molecular weight is 303 g/mol. The van der Waals surface area contributed by atoms with Crippen molar-refractivity contribution in [3.05, 3.63) is 20.8 Å². The van der Waals surface area contributed by atoms with E-state index in [-0.39, 0.29) is 0 Å². The van der Waals surface area contributed by atoms with Crippen molar-refractivity contribution < 1.29 is 0 Å². The van der Waals surface area contributed by atoms with Crippen molar-refractivity contribution in [2.24, 2.45) is 17.6 Å². The first-order chi connectivity index (χ1) is 7.61. The summed E-state index contributed by atoms with van der Waals surface area (Å²) in [4.78, 5) is 3.78. The smallest absolute Gasteiger partial charge is 0.0562 e. The first kappa shape index (κ1) is 12.6. The third kappa shape index (κ3) is 2.86. The third-order valence-corrected chi connectivity index (χ3v) is 5.26. The van der Waals surface area contributed by atoms with Crippen LogP contribution in [0.15, 0.2) is 15.9 Å². The molecule has 1 aliphatic rings. The van der Waals surface area contributed by atoms with Crippen molar-refractivity contribution in [2.75, 3.05) is 20.1 Å². The summed E-state index contributed by atoms with van der Waals surface area (Å²) in [6.07, 6.45) is 1.38. The molecule has 16 heavy (non-hydrogen) atoms. The first-order valence-corrected chi connectivity index (χ1v) is 7.43. The number of hydrogen-bond donors (Lipinski definition) is 1. The van der Waals surface area contributed by atoms with Crippen LogP contribution in [0.25, 0.3) is 0 Å². The summed E-state index contributed by atoms with van der Waals surface area (Å²) in [5.41, 5.74) is 5.90. The Kier molecular flexibility index (Phi) is 4.06. The van der Waals surface area contributed by atoms with Crippen LogP contribution in [0.2, 0.25) is 0 Å². The van der Waals surface area contributed by atoms with Gasteiger partial charge in [-0.1, -0.05) is 6.92 Å². The van der Waals surface area contributed by atoms with E-state index in [1.54, 1.807) is 11.3 Å². The zero-order valence-electron chi connectivity index (χ0n) is 9.82.